The second-order valence-electron chi connectivity index (χ2n) is 12.0. The van der Waals surface area contributed by atoms with E-state index in [1.54, 1.807) is 0 Å². The molecule has 4 aliphatic carbocycles. The third-order valence-corrected chi connectivity index (χ3v) is 10.2. The maximum atomic E-state index is 10.2. The fourth-order valence-corrected chi connectivity index (χ4v) is 8.19. The van der Waals surface area contributed by atoms with E-state index in [-0.39, 0.29) is 6.10 Å². The van der Waals surface area contributed by atoms with E-state index in [9.17, 15) is 5.11 Å². The summed E-state index contributed by atoms with van der Waals surface area (Å²) in [6.07, 6.45) is 19.7. The molecule has 0 aromatic carbocycles. The molecule has 8 atom stereocenters. The van der Waals surface area contributed by atoms with Crippen LogP contribution in [-0.2, 0) is 0 Å². The first-order valence-corrected chi connectivity index (χ1v) is 13.0. The van der Waals surface area contributed by atoms with Gasteiger partial charge in [0.25, 0.3) is 0 Å². The lowest BCUT2D eigenvalue weighted by atomic mass is 9.50. The Morgan fingerprint density at radius 1 is 1.03 bits per heavy atom. The number of hydrogen-bond acceptors (Lipinski definition) is 1. The highest BCUT2D eigenvalue weighted by molar-refractivity contribution is 5.36. The molecule has 0 amide bonds. The first-order valence-electron chi connectivity index (χ1n) is 13.0. The van der Waals surface area contributed by atoms with Crippen LogP contribution in [0.5, 0.6) is 0 Å². The Bertz CT molecular complexity index is 727. The van der Waals surface area contributed by atoms with E-state index in [2.05, 4.69) is 65.8 Å². The fraction of sp³-hybridized carbons (Fsp3) is 0.793. The molecule has 0 spiro atoms. The van der Waals surface area contributed by atoms with E-state index >= 15 is 0 Å². The van der Waals surface area contributed by atoms with E-state index in [1.807, 2.05) is 5.57 Å². The van der Waals surface area contributed by atoms with Gasteiger partial charge in [-0.15, -0.1) is 0 Å². The van der Waals surface area contributed by atoms with E-state index in [1.165, 1.54) is 44.1 Å². The van der Waals surface area contributed by atoms with Crippen molar-refractivity contribution in [3.8, 4) is 0 Å². The predicted molar refractivity (Wildman–Crippen MR) is 128 cm³/mol. The maximum Gasteiger partial charge on any atom is 0.0724 e. The predicted octanol–water partition coefficient (Wildman–Crippen LogP) is 7.72. The van der Waals surface area contributed by atoms with Gasteiger partial charge in [-0.2, -0.15) is 0 Å². The number of rotatable bonds is 5. The Kier molecular flexibility index (Phi) is 6.17. The lowest BCUT2D eigenvalue weighted by Gasteiger charge is -2.55. The fourth-order valence-electron chi connectivity index (χ4n) is 8.19. The number of fused-ring (bicyclic) bond motifs is 5. The molecule has 0 saturated heterocycles. The van der Waals surface area contributed by atoms with Crippen molar-refractivity contribution in [1.82, 2.24) is 0 Å². The smallest absolute Gasteiger partial charge is 0.0724 e. The van der Waals surface area contributed by atoms with Crippen LogP contribution >= 0.6 is 0 Å². The summed E-state index contributed by atoms with van der Waals surface area (Å²) in [6, 6.07) is 0. The first-order chi connectivity index (χ1) is 14.2. The van der Waals surface area contributed by atoms with E-state index < -0.39 is 0 Å². The summed E-state index contributed by atoms with van der Waals surface area (Å²) in [5.41, 5.74) is 4.12. The summed E-state index contributed by atoms with van der Waals surface area (Å²) in [6.45, 7) is 14.7. The minimum absolute atomic E-state index is 0.210. The molecule has 4 rings (SSSR count). The van der Waals surface area contributed by atoms with E-state index in [0.717, 1.165) is 42.4 Å². The highest BCUT2D eigenvalue weighted by atomic mass is 16.3. The van der Waals surface area contributed by atoms with Gasteiger partial charge in [0, 0.05) is 0 Å². The number of aliphatic hydroxyl groups is 1. The number of allylic oxidation sites excluding steroid dienone is 5. The average molecular weight is 411 g/mol. The van der Waals surface area contributed by atoms with E-state index in [0.29, 0.717) is 16.7 Å². The van der Waals surface area contributed by atoms with E-state index in [4.69, 9.17) is 0 Å². The summed E-state index contributed by atoms with van der Waals surface area (Å²) in [7, 11) is 0. The summed E-state index contributed by atoms with van der Waals surface area (Å²) < 4.78 is 0. The zero-order chi connectivity index (χ0) is 21.7. The molecule has 2 fully saturated rings. The maximum absolute atomic E-state index is 10.2. The van der Waals surface area contributed by atoms with Gasteiger partial charge in [0.05, 0.1) is 6.10 Å². The van der Waals surface area contributed by atoms with Crippen LogP contribution in [0.15, 0.2) is 35.5 Å². The summed E-state index contributed by atoms with van der Waals surface area (Å²) in [4.78, 5) is 0. The molecular weight excluding hydrogens is 364 g/mol. The lowest BCUT2D eigenvalue weighted by Crippen LogP contribution is -2.46. The van der Waals surface area contributed by atoms with Crippen molar-refractivity contribution < 1.29 is 5.11 Å². The zero-order valence-electron chi connectivity index (χ0n) is 20.5. The Morgan fingerprint density at radius 3 is 2.50 bits per heavy atom. The molecule has 0 aromatic heterocycles. The van der Waals surface area contributed by atoms with Gasteiger partial charge in [0.2, 0.25) is 0 Å². The summed E-state index contributed by atoms with van der Waals surface area (Å²) in [5, 5.41) is 10.2. The minimum atomic E-state index is -0.210. The Balaban J connectivity index is 1.55. The molecule has 8 unspecified atom stereocenters. The van der Waals surface area contributed by atoms with Crippen LogP contribution in [0.4, 0.5) is 0 Å². The molecule has 1 N–H and O–H groups in total. The second-order valence-corrected chi connectivity index (χ2v) is 12.0. The normalized spacial score (nSPS) is 42.9. The van der Waals surface area contributed by atoms with Crippen LogP contribution in [0.1, 0.15) is 92.9 Å². The molecular formula is C29H46O. The van der Waals surface area contributed by atoms with Crippen LogP contribution in [0.25, 0.3) is 0 Å². The first kappa shape index (κ1) is 22.4. The van der Waals surface area contributed by atoms with Crippen molar-refractivity contribution >= 4 is 0 Å². The summed E-state index contributed by atoms with van der Waals surface area (Å²) in [5.74, 6) is 4.48. The third kappa shape index (κ3) is 3.58. The second kappa shape index (κ2) is 8.27. The Labute approximate surface area is 186 Å². The van der Waals surface area contributed by atoms with Crippen LogP contribution in [0.2, 0.25) is 0 Å². The lowest BCUT2D eigenvalue weighted by molar-refractivity contribution is 0.0498. The molecule has 0 aromatic rings. The van der Waals surface area contributed by atoms with Crippen molar-refractivity contribution in [3.05, 3.63) is 35.5 Å². The van der Waals surface area contributed by atoms with Gasteiger partial charge >= 0.3 is 0 Å². The topological polar surface area (TPSA) is 20.2 Å². The van der Waals surface area contributed by atoms with Crippen molar-refractivity contribution in [1.29, 1.82) is 0 Å². The van der Waals surface area contributed by atoms with Crippen molar-refractivity contribution in [3.63, 3.8) is 0 Å². The molecule has 1 nitrogen and oxygen atoms in total. The van der Waals surface area contributed by atoms with Crippen molar-refractivity contribution in [2.45, 2.75) is 99.0 Å². The minimum Gasteiger partial charge on any atom is -0.389 e. The largest absolute Gasteiger partial charge is 0.389 e. The van der Waals surface area contributed by atoms with Gasteiger partial charge < -0.3 is 5.11 Å². The number of hydrogen-bond donors (Lipinski definition) is 1. The Hall–Kier alpha value is -0.820. The standard InChI is InChI=1S/C29H46O/c1-7-21(19(2)3)9-8-20(4)25-12-13-26-24-11-10-22-18-23(30)14-16-28(22,5)27(24)15-17-29(25,26)6/h8-9,11,18-21,23,25-27,30H,7,10,12-17H2,1-6H3/b9-8+. The average Bonchev–Trinajstić information content (AvgIpc) is 3.06. The highest BCUT2D eigenvalue weighted by Crippen LogP contribution is 2.66. The molecule has 168 valence electrons. The molecule has 2 saturated carbocycles. The SMILES string of the molecule is CCC(/C=C/C(C)C1CCC2C3=CCC4=CC(O)CCC4(C)C3CCC21C)C(C)C. The molecule has 0 heterocycles. The van der Waals surface area contributed by atoms with Gasteiger partial charge in [0.15, 0.2) is 0 Å². The van der Waals surface area contributed by atoms with Gasteiger partial charge in [0.1, 0.15) is 0 Å². The van der Waals surface area contributed by atoms with Gasteiger partial charge in [-0.05, 0) is 97.7 Å². The van der Waals surface area contributed by atoms with Crippen LogP contribution in [-0.4, -0.2) is 11.2 Å². The molecule has 1 heteroatoms. The highest BCUT2D eigenvalue weighted by Gasteiger charge is 2.56. The molecule has 0 radical (unpaired) electrons. The van der Waals surface area contributed by atoms with Gasteiger partial charge in [-0.25, -0.2) is 0 Å². The molecule has 4 aliphatic rings. The zero-order valence-corrected chi connectivity index (χ0v) is 20.5. The van der Waals surface area contributed by atoms with Crippen molar-refractivity contribution in [2.75, 3.05) is 0 Å². The van der Waals surface area contributed by atoms with Gasteiger partial charge in [-0.1, -0.05) is 77.0 Å². The molecule has 0 aliphatic heterocycles. The Morgan fingerprint density at radius 2 is 1.80 bits per heavy atom. The summed E-state index contributed by atoms with van der Waals surface area (Å²) >= 11 is 0. The monoisotopic (exact) mass is 410 g/mol. The molecule has 30 heavy (non-hydrogen) atoms. The van der Waals surface area contributed by atoms with Crippen molar-refractivity contribution in [2.24, 2.45) is 46.3 Å². The van der Waals surface area contributed by atoms with Gasteiger partial charge in [-0.3, -0.25) is 0 Å². The van der Waals surface area contributed by atoms with Crippen LogP contribution in [0.3, 0.4) is 0 Å². The number of aliphatic hydroxyl groups excluding tert-OH is 1. The third-order valence-electron chi connectivity index (χ3n) is 10.2. The van der Waals surface area contributed by atoms with Crippen LogP contribution < -0.4 is 0 Å². The quantitative estimate of drug-likeness (QED) is 0.460. The molecule has 0 bridgehead atoms. The van der Waals surface area contributed by atoms with Crippen LogP contribution in [0, 0.1) is 46.3 Å².